The minimum atomic E-state index is -0.611. The van der Waals surface area contributed by atoms with E-state index in [0.717, 1.165) is 0 Å². The smallest absolute Gasteiger partial charge is 0.163 e. The number of methoxy groups -OCH3 is 1. The average molecular weight is 233 g/mol. The number of benzene rings is 1. The van der Waals surface area contributed by atoms with Crippen molar-refractivity contribution in [2.24, 2.45) is 0 Å². The van der Waals surface area contributed by atoms with Crippen LogP contribution >= 0.6 is 23.2 Å². The molecular formula is C10H10Cl2O2. The molecule has 0 spiro atoms. The highest BCUT2D eigenvalue weighted by Gasteiger charge is 2.18. The van der Waals surface area contributed by atoms with E-state index in [9.17, 15) is 4.79 Å². The molecule has 0 heterocycles. The molecule has 1 unspecified atom stereocenters. The van der Waals surface area contributed by atoms with E-state index in [1.807, 2.05) is 0 Å². The van der Waals surface area contributed by atoms with Crippen LogP contribution in [-0.4, -0.2) is 12.9 Å². The number of halogens is 2. The maximum absolute atomic E-state index is 11.2. The summed E-state index contributed by atoms with van der Waals surface area (Å²) in [6.07, 6.45) is -0.611. The van der Waals surface area contributed by atoms with Gasteiger partial charge in [0.15, 0.2) is 5.78 Å². The number of ether oxygens (including phenoxy) is 1. The molecule has 0 aliphatic carbocycles. The minimum Gasteiger partial charge on any atom is -0.369 e. The predicted molar refractivity (Wildman–Crippen MR) is 56.9 cm³/mol. The first-order valence-electron chi connectivity index (χ1n) is 4.04. The largest absolute Gasteiger partial charge is 0.369 e. The van der Waals surface area contributed by atoms with Crippen molar-refractivity contribution >= 4 is 29.0 Å². The van der Waals surface area contributed by atoms with Gasteiger partial charge in [-0.05, 0) is 19.1 Å². The van der Waals surface area contributed by atoms with Gasteiger partial charge >= 0.3 is 0 Å². The second-order valence-electron chi connectivity index (χ2n) is 2.89. The number of rotatable bonds is 3. The van der Waals surface area contributed by atoms with Crippen molar-refractivity contribution < 1.29 is 9.53 Å². The standard InChI is InChI=1S/C10H10Cl2O2/c1-6(13)10(14-2)8-4-3-7(11)5-9(8)12/h3-5,10H,1-2H3. The highest BCUT2D eigenvalue weighted by atomic mass is 35.5. The Morgan fingerprint density at radius 1 is 1.43 bits per heavy atom. The number of Topliss-reactive ketones (excluding diaryl/α,β-unsaturated/α-hetero) is 1. The lowest BCUT2D eigenvalue weighted by Gasteiger charge is -2.13. The van der Waals surface area contributed by atoms with Gasteiger partial charge in [-0.15, -0.1) is 0 Å². The molecular weight excluding hydrogens is 223 g/mol. The van der Waals surface area contributed by atoms with Crippen LogP contribution in [0.3, 0.4) is 0 Å². The fraction of sp³-hybridized carbons (Fsp3) is 0.300. The van der Waals surface area contributed by atoms with Gasteiger partial charge in [-0.25, -0.2) is 0 Å². The first-order chi connectivity index (χ1) is 6.56. The number of carbonyl (C=O) groups excluding carboxylic acids is 1. The van der Waals surface area contributed by atoms with Crippen LogP contribution in [0.2, 0.25) is 10.0 Å². The van der Waals surface area contributed by atoms with Gasteiger partial charge in [-0.2, -0.15) is 0 Å². The Balaban J connectivity index is 3.10. The lowest BCUT2D eigenvalue weighted by molar-refractivity contribution is -0.126. The van der Waals surface area contributed by atoms with Crippen molar-refractivity contribution in [3.05, 3.63) is 33.8 Å². The van der Waals surface area contributed by atoms with Crippen LogP contribution in [0.1, 0.15) is 18.6 Å². The second-order valence-corrected chi connectivity index (χ2v) is 3.74. The van der Waals surface area contributed by atoms with Gasteiger partial charge in [0, 0.05) is 22.7 Å². The number of hydrogen-bond donors (Lipinski definition) is 0. The van der Waals surface area contributed by atoms with Gasteiger partial charge in [0.2, 0.25) is 0 Å². The van der Waals surface area contributed by atoms with Crippen LogP contribution in [0.5, 0.6) is 0 Å². The zero-order valence-electron chi connectivity index (χ0n) is 7.88. The molecule has 1 aromatic carbocycles. The summed E-state index contributed by atoms with van der Waals surface area (Å²) in [5.41, 5.74) is 0.645. The fourth-order valence-corrected chi connectivity index (χ4v) is 1.73. The van der Waals surface area contributed by atoms with Gasteiger partial charge < -0.3 is 4.74 Å². The molecule has 0 N–H and O–H groups in total. The maximum Gasteiger partial charge on any atom is 0.163 e. The van der Waals surface area contributed by atoms with Gasteiger partial charge in [0.25, 0.3) is 0 Å². The second kappa shape index (κ2) is 4.78. The van der Waals surface area contributed by atoms with Gasteiger partial charge in [0.1, 0.15) is 6.10 Å². The molecule has 4 heteroatoms. The SMILES string of the molecule is COC(C(C)=O)c1ccc(Cl)cc1Cl. The molecule has 0 aliphatic rings. The van der Waals surface area contributed by atoms with E-state index in [0.29, 0.717) is 15.6 Å². The molecule has 0 saturated heterocycles. The van der Waals surface area contributed by atoms with Crippen LogP contribution < -0.4 is 0 Å². The molecule has 76 valence electrons. The summed E-state index contributed by atoms with van der Waals surface area (Å²) in [6.45, 7) is 1.46. The van der Waals surface area contributed by atoms with E-state index in [1.54, 1.807) is 18.2 Å². The number of hydrogen-bond acceptors (Lipinski definition) is 2. The molecule has 1 rings (SSSR count). The van der Waals surface area contributed by atoms with Crippen molar-refractivity contribution in [1.82, 2.24) is 0 Å². The Labute approximate surface area is 92.8 Å². The number of carbonyl (C=O) groups is 1. The van der Waals surface area contributed by atoms with Crippen LogP contribution in [0, 0.1) is 0 Å². The molecule has 14 heavy (non-hydrogen) atoms. The Morgan fingerprint density at radius 2 is 2.07 bits per heavy atom. The van der Waals surface area contributed by atoms with Crippen molar-refractivity contribution in [1.29, 1.82) is 0 Å². The van der Waals surface area contributed by atoms with Crippen LogP contribution in [0.25, 0.3) is 0 Å². The van der Waals surface area contributed by atoms with Gasteiger partial charge in [0.05, 0.1) is 0 Å². The van der Waals surface area contributed by atoms with E-state index in [1.165, 1.54) is 14.0 Å². The summed E-state index contributed by atoms with van der Waals surface area (Å²) in [7, 11) is 1.47. The molecule has 1 aromatic rings. The first-order valence-corrected chi connectivity index (χ1v) is 4.80. The normalized spacial score (nSPS) is 12.6. The summed E-state index contributed by atoms with van der Waals surface area (Å²) in [4.78, 5) is 11.2. The van der Waals surface area contributed by atoms with E-state index in [-0.39, 0.29) is 5.78 Å². The Morgan fingerprint density at radius 3 is 2.50 bits per heavy atom. The summed E-state index contributed by atoms with van der Waals surface area (Å²) in [5.74, 6) is -0.0864. The molecule has 0 bridgehead atoms. The fourth-order valence-electron chi connectivity index (χ4n) is 1.23. The molecule has 1 atom stereocenters. The molecule has 0 amide bonds. The molecule has 0 saturated carbocycles. The third-order valence-corrected chi connectivity index (χ3v) is 2.41. The minimum absolute atomic E-state index is 0.0864. The highest BCUT2D eigenvalue weighted by molar-refractivity contribution is 6.35. The van der Waals surface area contributed by atoms with Crippen molar-refractivity contribution in [3.63, 3.8) is 0 Å². The van der Waals surface area contributed by atoms with E-state index in [2.05, 4.69) is 0 Å². The van der Waals surface area contributed by atoms with Crippen LogP contribution in [-0.2, 0) is 9.53 Å². The molecule has 2 nitrogen and oxygen atoms in total. The van der Waals surface area contributed by atoms with Crippen molar-refractivity contribution in [2.75, 3.05) is 7.11 Å². The van der Waals surface area contributed by atoms with Crippen LogP contribution in [0.15, 0.2) is 18.2 Å². The lowest BCUT2D eigenvalue weighted by Crippen LogP contribution is -2.11. The van der Waals surface area contributed by atoms with Gasteiger partial charge in [-0.1, -0.05) is 29.3 Å². The monoisotopic (exact) mass is 232 g/mol. The molecule has 0 aromatic heterocycles. The third kappa shape index (κ3) is 2.47. The van der Waals surface area contributed by atoms with Crippen LogP contribution in [0.4, 0.5) is 0 Å². The Kier molecular flexibility index (Phi) is 3.93. The summed E-state index contributed by atoms with van der Waals surface area (Å²) >= 11 is 11.7. The predicted octanol–water partition coefficient (Wildman–Crippen LogP) is 3.27. The zero-order chi connectivity index (χ0) is 10.7. The van der Waals surface area contributed by atoms with E-state index in [4.69, 9.17) is 27.9 Å². The third-order valence-electron chi connectivity index (χ3n) is 1.85. The van der Waals surface area contributed by atoms with E-state index >= 15 is 0 Å². The Hall–Kier alpha value is -0.570. The van der Waals surface area contributed by atoms with E-state index < -0.39 is 6.10 Å². The maximum atomic E-state index is 11.2. The zero-order valence-corrected chi connectivity index (χ0v) is 9.39. The quantitative estimate of drug-likeness (QED) is 0.800. The molecule has 0 radical (unpaired) electrons. The topological polar surface area (TPSA) is 26.3 Å². The highest BCUT2D eigenvalue weighted by Crippen LogP contribution is 2.28. The summed E-state index contributed by atoms with van der Waals surface area (Å²) in [5, 5.41) is 0.983. The first kappa shape index (κ1) is 11.5. The summed E-state index contributed by atoms with van der Waals surface area (Å²) < 4.78 is 5.04. The number of ketones is 1. The average Bonchev–Trinajstić information content (AvgIpc) is 2.09. The Bertz CT molecular complexity index is 350. The van der Waals surface area contributed by atoms with Crippen molar-refractivity contribution in [2.45, 2.75) is 13.0 Å². The van der Waals surface area contributed by atoms with Crippen molar-refractivity contribution in [3.8, 4) is 0 Å². The molecule has 0 aliphatic heterocycles. The van der Waals surface area contributed by atoms with Gasteiger partial charge in [-0.3, -0.25) is 4.79 Å². The molecule has 0 fully saturated rings. The summed E-state index contributed by atoms with van der Waals surface area (Å²) in [6, 6.07) is 4.96. The lowest BCUT2D eigenvalue weighted by atomic mass is 10.1.